The maximum absolute atomic E-state index is 13.3. The minimum atomic E-state index is -4.52. The Balaban J connectivity index is 1.40. The molecule has 0 aromatic heterocycles. The van der Waals surface area contributed by atoms with Gasteiger partial charge in [-0.05, 0) is 75.1 Å². The van der Waals surface area contributed by atoms with Gasteiger partial charge in [-0.25, -0.2) is 9.59 Å². The van der Waals surface area contributed by atoms with Crippen LogP contribution in [0.3, 0.4) is 0 Å². The van der Waals surface area contributed by atoms with Gasteiger partial charge in [0.2, 0.25) is 0 Å². The summed E-state index contributed by atoms with van der Waals surface area (Å²) in [7, 11) is 0. The van der Waals surface area contributed by atoms with Crippen molar-refractivity contribution in [2.45, 2.75) is 51.8 Å². The number of anilines is 1. The van der Waals surface area contributed by atoms with Crippen molar-refractivity contribution >= 4 is 17.7 Å². The number of hydrogen-bond donors (Lipinski definition) is 0. The lowest BCUT2D eigenvalue weighted by Gasteiger charge is -2.29. The second-order valence-corrected chi connectivity index (χ2v) is 12.4. The zero-order chi connectivity index (χ0) is 35.6. The molecule has 4 rings (SSSR count). The minimum absolute atomic E-state index is 0.0139. The number of carbonyl (C=O) groups is 2. The van der Waals surface area contributed by atoms with Crippen LogP contribution in [0, 0.1) is 11.3 Å². The molecule has 0 bridgehead atoms. The fourth-order valence-electron chi connectivity index (χ4n) is 5.30. The van der Waals surface area contributed by atoms with Gasteiger partial charge in [-0.1, -0.05) is 43.0 Å². The summed E-state index contributed by atoms with van der Waals surface area (Å²) in [5.74, 6) is -0.360. The molecule has 0 aliphatic carbocycles. The normalized spacial score (nSPS) is 12.5. The molecule has 0 N–H and O–H groups in total. The van der Waals surface area contributed by atoms with Gasteiger partial charge in [0.15, 0.2) is 18.1 Å². The number of para-hydroxylation sites is 2. The quantitative estimate of drug-likeness (QED) is 0.128. The highest BCUT2D eigenvalue weighted by atomic mass is 19.4. The average molecular weight is 680 g/mol. The third-order valence-electron chi connectivity index (χ3n) is 7.37. The largest absolute Gasteiger partial charge is 0.488 e. The van der Waals surface area contributed by atoms with Gasteiger partial charge in [0.05, 0.1) is 30.0 Å². The number of halogens is 3. The van der Waals surface area contributed by atoms with E-state index in [9.17, 15) is 28.0 Å². The molecule has 12 heteroatoms. The highest BCUT2D eigenvalue weighted by molar-refractivity contribution is 5.89. The van der Waals surface area contributed by atoms with Crippen LogP contribution in [0.5, 0.6) is 11.5 Å². The molecule has 1 heterocycles. The lowest BCUT2D eigenvalue weighted by atomic mass is 10.00. The fraction of sp³-hybridized carbons (Fsp3) is 0.378. The van der Waals surface area contributed by atoms with Crippen LogP contribution in [-0.4, -0.2) is 68.2 Å². The molecule has 0 saturated carbocycles. The number of rotatable bonds is 14. The monoisotopic (exact) mass is 679 g/mol. The van der Waals surface area contributed by atoms with E-state index in [-0.39, 0.29) is 43.6 Å². The Labute approximate surface area is 284 Å². The molecule has 1 amide bonds. The molecule has 0 saturated heterocycles. The summed E-state index contributed by atoms with van der Waals surface area (Å²) >= 11 is 0. The number of alkyl halides is 3. The molecule has 0 unspecified atom stereocenters. The summed E-state index contributed by atoms with van der Waals surface area (Å²) in [6, 6.07) is 20.8. The predicted octanol–water partition coefficient (Wildman–Crippen LogP) is 7.48. The molecule has 1 aliphatic rings. The maximum atomic E-state index is 13.3. The Morgan fingerprint density at radius 3 is 2.31 bits per heavy atom. The second-order valence-electron chi connectivity index (χ2n) is 12.4. The first-order valence-electron chi connectivity index (χ1n) is 15.9. The van der Waals surface area contributed by atoms with Crippen LogP contribution < -0.4 is 14.4 Å². The second kappa shape index (κ2) is 16.3. The molecule has 0 radical (unpaired) electrons. The first kappa shape index (κ1) is 36.7. The Bertz CT molecular complexity index is 1660. The van der Waals surface area contributed by atoms with Crippen molar-refractivity contribution in [1.29, 1.82) is 5.26 Å². The SMILES string of the molecule is C=C(Cc1cc(C#N)c2c(c1)CCN2CCCOC(=O)c1ccccc1)N(CCOc1ccccc1OCC(F)(F)F)C(=O)OC(C)(C)C. The molecular formula is C37H40F3N3O6. The number of esters is 1. The summed E-state index contributed by atoms with van der Waals surface area (Å²) in [6.45, 7) is 9.31. The standard InChI is InChI=1S/C37H40F3N3O6/c1-26(43(35(45)49-36(2,3)4)18-20-46-31-13-8-9-14-32(31)48-25-37(38,39)40)21-27-22-29-15-17-42(33(29)30(23-27)24-41)16-10-19-47-34(44)28-11-6-5-7-12-28/h5-9,11-14,22-23H,1,10,15-21,25H2,2-4H3. The third-order valence-corrected chi connectivity index (χ3v) is 7.37. The topological polar surface area (TPSA) is 101 Å². The first-order chi connectivity index (χ1) is 23.2. The molecule has 9 nitrogen and oxygen atoms in total. The van der Waals surface area contributed by atoms with Gasteiger partial charge in [0.25, 0.3) is 0 Å². The molecule has 49 heavy (non-hydrogen) atoms. The number of hydrogen-bond acceptors (Lipinski definition) is 8. The molecule has 3 aromatic carbocycles. The van der Waals surface area contributed by atoms with Crippen LogP contribution in [0.25, 0.3) is 0 Å². The van der Waals surface area contributed by atoms with Crippen molar-refractivity contribution < 1.29 is 41.7 Å². The Morgan fingerprint density at radius 2 is 1.65 bits per heavy atom. The number of fused-ring (bicyclic) bond motifs is 1. The van der Waals surface area contributed by atoms with Crippen LogP contribution >= 0.6 is 0 Å². The highest BCUT2D eigenvalue weighted by Crippen LogP contribution is 2.34. The van der Waals surface area contributed by atoms with Crippen molar-refractivity contribution in [3.63, 3.8) is 0 Å². The van der Waals surface area contributed by atoms with E-state index in [4.69, 9.17) is 18.9 Å². The van der Waals surface area contributed by atoms with Gasteiger partial charge in [0, 0.05) is 25.2 Å². The maximum Gasteiger partial charge on any atom is 0.422 e. The molecule has 0 spiro atoms. The summed E-state index contributed by atoms with van der Waals surface area (Å²) < 4.78 is 59.8. The number of allylic oxidation sites excluding steroid dienone is 1. The van der Waals surface area contributed by atoms with Gasteiger partial charge in [-0.15, -0.1) is 0 Å². The van der Waals surface area contributed by atoms with Crippen molar-refractivity contribution in [1.82, 2.24) is 4.90 Å². The van der Waals surface area contributed by atoms with Crippen molar-refractivity contribution in [2.75, 3.05) is 44.4 Å². The Hall–Kier alpha value is -5.18. The number of benzene rings is 3. The number of ether oxygens (including phenoxy) is 4. The summed E-state index contributed by atoms with van der Waals surface area (Å²) in [5.41, 5.74) is 3.17. The van der Waals surface area contributed by atoms with E-state index in [1.807, 2.05) is 12.1 Å². The zero-order valence-corrected chi connectivity index (χ0v) is 27.8. The van der Waals surface area contributed by atoms with Crippen LogP contribution in [0.15, 0.2) is 79.0 Å². The van der Waals surface area contributed by atoms with E-state index in [0.717, 1.165) is 16.8 Å². The zero-order valence-electron chi connectivity index (χ0n) is 27.8. The summed E-state index contributed by atoms with van der Waals surface area (Å²) in [5, 5.41) is 10.1. The fourth-order valence-corrected chi connectivity index (χ4v) is 5.30. The molecule has 1 aliphatic heterocycles. The van der Waals surface area contributed by atoms with E-state index >= 15 is 0 Å². The number of carbonyl (C=O) groups excluding carboxylic acids is 2. The van der Waals surface area contributed by atoms with Crippen LogP contribution in [0.2, 0.25) is 0 Å². The van der Waals surface area contributed by atoms with Gasteiger partial charge in [-0.2, -0.15) is 18.4 Å². The van der Waals surface area contributed by atoms with Crippen molar-refractivity contribution in [3.05, 3.63) is 101 Å². The molecular weight excluding hydrogens is 639 g/mol. The number of nitriles is 1. The molecule has 0 fully saturated rings. The Morgan fingerprint density at radius 1 is 0.980 bits per heavy atom. The predicted molar refractivity (Wildman–Crippen MR) is 178 cm³/mol. The highest BCUT2D eigenvalue weighted by Gasteiger charge is 2.30. The van der Waals surface area contributed by atoms with Crippen molar-refractivity contribution in [3.8, 4) is 17.6 Å². The first-order valence-corrected chi connectivity index (χ1v) is 15.9. The smallest absolute Gasteiger partial charge is 0.422 e. The number of amides is 1. The molecule has 3 aromatic rings. The van der Waals surface area contributed by atoms with E-state index in [2.05, 4.69) is 17.5 Å². The molecule has 0 atom stereocenters. The lowest BCUT2D eigenvalue weighted by molar-refractivity contribution is -0.153. The average Bonchev–Trinajstić information content (AvgIpc) is 3.45. The Kier molecular flexibility index (Phi) is 12.2. The van der Waals surface area contributed by atoms with E-state index < -0.39 is 24.5 Å². The van der Waals surface area contributed by atoms with Gasteiger partial charge in [-0.3, -0.25) is 4.90 Å². The minimum Gasteiger partial charge on any atom is -0.488 e. The van der Waals surface area contributed by atoms with Crippen LogP contribution in [-0.2, 0) is 22.3 Å². The lowest BCUT2D eigenvalue weighted by Crippen LogP contribution is -2.38. The van der Waals surface area contributed by atoms with Gasteiger partial charge < -0.3 is 23.8 Å². The van der Waals surface area contributed by atoms with Gasteiger partial charge >= 0.3 is 18.2 Å². The van der Waals surface area contributed by atoms with Gasteiger partial charge in [0.1, 0.15) is 18.3 Å². The van der Waals surface area contributed by atoms with E-state index in [1.165, 1.54) is 23.1 Å². The van der Waals surface area contributed by atoms with Crippen molar-refractivity contribution in [2.24, 2.45) is 0 Å². The van der Waals surface area contributed by atoms with Crippen LogP contribution in [0.1, 0.15) is 54.2 Å². The summed E-state index contributed by atoms with van der Waals surface area (Å²) in [6.07, 6.45) is -3.65. The van der Waals surface area contributed by atoms with E-state index in [0.29, 0.717) is 42.8 Å². The molecule has 260 valence electrons. The van der Waals surface area contributed by atoms with E-state index in [1.54, 1.807) is 57.2 Å². The summed E-state index contributed by atoms with van der Waals surface area (Å²) in [4.78, 5) is 29.0. The van der Waals surface area contributed by atoms with Crippen LogP contribution in [0.4, 0.5) is 23.7 Å². The number of nitrogens with zero attached hydrogens (tertiary/aromatic N) is 3. The third kappa shape index (κ3) is 10.9.